The Morgan fingerprint density at radius 1 is 0.548 bits per heavy atom. The lowest BCUT2D eigenvalue weighted by atomic mass is 10.2. The first-order valence-electron chi connectivity index (χ1n) is 7.50. The number of hydrogen-bond acceptors (Lipinski definition) is 12. The average molecular weight is 582 g/mol. The van der Waals surface area contributed by atoms with Crippen LogP contribution in [0.3, 0.4) is 0 Å². The molecule has 0 aliphatic heterocycles. The third kappa shape index (κ3) is 17.0. The molecule has 0 aromatic carbocycles. The van der Waals surface area contributed by atoms with E-state index >= 15 is 0 Å². The van der Waals surface area contributed by atoms with Crippen LogP contribution in [0.25, 0.3) is 0 Å². The van der Waals surface area contributed by atoms with E-state index in [-0.39, 0.29) is 6.42 Å². The third-order valence-electron chi connectivity index (χ3n) is 2.28. The molecule has 0 aromatic heterocycles. The van der Waals surface area contributed by atoms with E-state index in [1.54, 1.807) is 0 Å². The standard InChI is InChI=1S/C6H20O19P6/c1-2-3-4-5-6-20-31(19,24-29(15,16)22-27(10,11)12)25-30(17,18)23-28(13,14)21-26(7,8)9/h2-6H2,1H3,(H,13,14)(H,15,16)(H,17,18)(H2,7,8,9)(H2,10,11,12). The Kier molecular flexibility index (Phi) is 12.3. The van der Waals surface area contributed by atoms with Gasteiger partial charge in [-0.1, -0.05) is 26.2 Å². The van der Waals surface area contributed by atoms with Gasteiger partial charge in [-0.05, 0) is 6.42 Å². The van der Waals surface area contributed by atoms with Crippen LogP contribution < -0.4 is 0 Å². The van der Waals surface area contributed by atoms with Crippen molar-refractivity contribution in [1.82, 2.24) is 0 Å². The Morgan fingerprint density at radius 2 is 0.935 bits per heavy atom. The van der Waals surface area contributed by atoms with Crippen LogP contribution in [-0.2, 0) is 53.5 Å². The van der Waals surface area contributed by atoms with Gasteiger partial charge < -0.3 is 34.3 Å². The minimum Gasteiger partial charge on any atom is -0.302 e. The minimum absolute atomic E-state index is 0.0516. The van der Waals surface area contributed by atoms with Crippen molar-refractivity contribution < 1.29 is 87.7 Å². The summed E-state index contributed by atoms with van der Waals surface area (Å²) in [5.74, 6) is 0. The summed E-state index contributed by atoms with van der Waals surface area (Å²) in [6.45, 7) is 1.15. The van der Waals surface area contributed by atoms with Crippen LogP contribution in [0, 0.1) is 0 Å². The highest BCUT2D eigenvalue weighted by atomic mass is 31.3. The predicted octanol–water partition coefficient (Wildman–Crippen LogP) is 2.26. The molecule has 0 saturated carbocycles. The molecule has 0 aliphatic rings. The van der Waals surface area contributed by atoms with Crippen LogP contribution in [0.1, 0.15) is 32.6 Å². The topological polar surface area (TPSA) is 299 Å². The van der Waals surface area contributed by atoms with Crippen molar-refractivity contribution in [1.29, 1.82) is 0 Å². The first-order chi connectivity index (χ1) is 13.6. The maximum atomic E-state index is 12.4. The minimum atomic E-state index is -6.20. The molecule has 0 rings (SSSR count). The highest BCUT2D eigenvalue weighted by molar-refractivity contribution is 7.72. The van der Waals surface area contributed by atoms with Gasteiger partial charge in [-0.2, -0.15) is 21.6 Å². The van der Waals surface area contributed by atoms with Gasteiger partial charge in [0, 0.05) is 0 Å². The van der Waals surface area contributed by atoms with Gasteiger partial charge in [0.05, 0.1) is 6.61 Å². The average Bonchev–Trinajstić information content (AvgIpc) is 2.37. The number of rotatable bonds is 16. The second-order valence-electron chi connectivity index (χ2n) is 5.14. The summed E-state index contributed by atoms with van der Waals surface area (Å²) in [7, 11) is -35.6. The molecular weight excluding hydrogens is 562 g/mol. The van der Waals surface area contributed by atoms with E-state index in [9.17, 15) is 37.2 Å². The van der Waals surface area contributed by atoms with Crippen molar-refractivity contribution >= 4 is 46.9 Å². The van der Waals surface area contributed by atoms with E-state index in [2.05, 4.69) is 26.1 Å². The molecule has 25 heteroatoms. The summed E-state index contributed by atoms with van der Waals surface area (Å²) in [5, 5.41) is 0. The van der Waals surface area contributed by atoms with Gasteiger partial charge in [0.25, 0.3) is 0 Å². The molecule has 4 unspecified atom stereocenters. The molecule has 0 bridgehead atoms. The molecule has 19 nitrogen and oxygen atoms in total. The zero-order valence-electron chi connectivity index (χ0n) is 15.2. The van der Waals surface area contributed by atoms with E-state index in [0.717, 1.165) is 6.42 Å². The van der Waals surface area contributed by atoms with Crippen LogP contribution in [-0.4, -0.2) is 40.9 Å². The monoisotopic (exact) mass is 582 g/mol. The Morgan fingerprint density at radius 3 is 1.32 bits per heavy atom. The number of unbranched alkanes of at least 4 members (excludes halogenated alkanes) is 3. The smallest absolute Gasteiger partial charge is 0.302 e. The molecule has 7 N–H and O–H groups in total. The summed E-state index contributed by atoms with van der Waals surface area (Å²) in [6.07, 6.45) is 1.82. The lowest BCUT2D eigenvalue weighted by molar-refractivity contribution is 0.157. The quantitative estimate of drug-likeness (QED) is 0.101. The lowest BCUT2D eigenvalue weighted by Crippen LogP contribution is -2.03. The number of hydrogen-bond donors (Lipinski definition) is 7. The zero-order chi connectivity index (χ0) is 24.8. The Bertz CT molecular complexity index is 867. The van der Waals surface area contributed by atoms with E-state index in [1.165, 1.54) is 0 Å². The van der Waals surface area contributed by atoms with Crippen molar-refractivity contribution in [3.8, 4) is 0 Å². The Labute approximate surface area is 174 Å². The van der Waals surface area contributed by atoms with Crippen LogP contribution in [0.4, 0.5) is 0 Å². The lowest BCUT2D eigenvalue weighted by Gasteiger charge is -2.22. The molecular formula is C6H20O19P6. The van der Waals surface area contributed by atoms with Crippen LogP contribution in [0.15, 0.2) is 0 Å². The molecule has 0 heterocycles. The SMILES string of the molecule is CCCCCCOP(=O)(OP(=O)(O)OP(=O)(O)O)OP(=O)(O)OP(=O)(O)OP(=O)(O)O. The van der Waals surface area contributed by atoms with Gasteiger partial charge in [-0.25, -0.2) is 27.4 Å². The molecule has 0 aromatic rings. The summed E-state index contributed by atoms with van der Waals surface area (Å²) in [5.41, 5.74) is 0. The van der Waals surface area contributed by atoms with Crippen LogP contribution >= 0.6 is 46.9 Å². The maximum absolute atomic E-state index is 12.4. The summed E-state index contributed by atoms with van der Waals surface area (Å²) in [4.78, 5) is 61.6. The van der Waals surface area contributed by atoms with Crippen LogP contribution in [0.5, 0.6) is 0 Å². The zero-order valence-corrected chi connectivity index (χ0v) is 20.6. The second kappa shape index (κ2) is 12.0. The third-order valence-corrected chi connectivity index (χ3v) is 11.0. The molecule has 4 atom stereocenters. The molecule has 0 aliphatic carbocycles. The van der Waals surface area contributed by atoms with E-state index in [4.69, 9.17) is 24.5 Å². The number of phosphoric acid groups is 6. The van der Waals surface area contributed by atoms with Gasteiger partial charge in [-0.15, -0.1) is 0 Å². The first kappa shape index (κ1) is 31.9. The molecule has 0 spiro atoms. The normalized spacial score (nSPS) is 20.9. The molecule has 31 heavy (non-hydrogen) atoms. The van der Waals surface area contributed by atoms with Gasteiger partial charge in [0.15, 0.2) is 0 Å². The highest BCUT2D eigenvalue weighted by Gasteiger charge is 2.50. The largest absolute Gasteiger partial charge is 0.492 e. The highest BCUT2D eigenvalue weighted by Crippen LogP contribution is 2.76. The van der Waals surface area contributed by atoms with Crippen molar-refractivity contribution in [2.24, 2.45) is 0 Å². The van der Waals surface area contributed by atoms with E-state index in [0.29, 0.717) is 12.8 Å². The summed E-state index contributed by atoms with van der Waals surface area (Å²) >= 11 is 0. The van der Waals surface area contributed by atoms with Crippen molar-refractivity contribution in [3.63, 3.8) is 0 Å². The van der Waals surface area contributed by atoms with Crippen molar-refractivity contribution in [2.45, 2.75) is 32.6 Å². The van der Waals surface area contributed by atoms with Crippen LogP contribution in [0.2, 0.25) is 0 Å². The maximum Gasteiger partial charge on any atom is 0.492 e. The van der Waals surface area contributed by atoms with E-state index < -0.39 is 53.5 Å². The fourth-order valence-corrected chi connectivity index (χ4v) is 8.96. The summed E-state index contributed by atoms with van der Waals surface area (Å²) < 4.78 is 90.4. The van der Waals surface area contributed by atoms with Gasteiger partial charge >= 0.3 is 46.9 Å². The first-order valence-corrected chi connectivity index (χ1v) is 16.5. The van der Waals surface area contributed by atoms with Gasteiger partial charge in [0.2, 0.25) is 0 Å². The van der Waals surface area contributed by atoms with Crippen molar-refractivity contribution in [2.75, 3.05) is 6.61 Å². The Hall–Kier alpha value is 0.860. The summed E-state index contributed by atoms with van der Waals surface area (Å²) in [6, 6.07) is 0. The molecule has 188 valence electrons. The Balaban J connectivity index is 5.62. The fraction of sp³-hybridized carbons (Fsp3) is 1.00. The van der Waals surface area contributed by atoms with Gasteiger partial charge in [-0.3, -0.25) is 4.52 Å². The van der Waals surface area contributed by atoms with Gasteiger partial charge in [0.1, 0.15) is 0 Å². The molecule has 0 amide bonds. The van der Waals surface area contributed by atoms with E-state index in [1.807, 2.05) is 6.92 Å². The molecule has 0 fully saturated rings. The fourth-order valence-electron chi connectivity index (χ4n) is 1.46. The molecule has 0 saturated heterocycles. The second-order valence-corrected chi connectivity index (χ2v) is 14.3. The van der Waals surface area contributed by atoms with Crippen molar-refractivity contribution in [3.05, 3.63) is 0 Å². The molecule has 0 radical (unpaired) electrons. The predicted molar refractivity (Wildman–Crippen MR) is 96.7 cm³/mol.